The fourth-order valence-corrected chi connectivity index (χ4v) is 2.11. The number of nitriles is 1. The van der Waals surface area contributed by atoms with E-state index in [1.165, 1.54) is 25.0 Å². The predicted octanol–water partition coefficient (Wildman–Crippen LogP) is 2.38. The van der Waals surface area contributed by atoms with Crippen LogP contribution in [-0.2, 0) is 9.53 Å². The van der Waals surface area contributed by atoms with Crippen molar-refractivity contribution in [1.29, 1.82) is 5.26 Å². The minimum atomic E-state index is -0.936. The SMILES string of the molecule is COc1ccc(Br)c(C(=O)O[C@@H](C)C(=O)N(C)CCC#N)c1. The van der Waals surface area contributed by atoms with Crippen LogP contribution in [0.3, 0.4) is 0 Å². The van der Waals surface area contributed by atoms with E-state index in [0.29, 0.717) is 16.8 Å². The minimum absolute atomic E-state index is 0.227. The third-order valence-corrected chi connectivity index (χ3v) is 3.65. The van der Waals surface area contributed by atoms with Crippen LogP contribution in [0, 0.1) is 11.3 Å². The van der Waals surface area contributed by atoms with Gasteiger partial charge < -0.3 is 14.4 Å². The molecular formula is C15H17BrN2O4. The summed E-state index contributed by atoms with van der Waals surface area (Å²) in [6.45, 7) is 1.79. The van der Waals surface area contributed by atoms with Crippen molar-refractivity contribution in [3.05, 3.63) is 28.2 Å². The standard InChI is InChI=1S/C15H17BrN2O4/c1-10(14(19)18(2)8-4-7-17)22-15(20)12-9-11(21-3)5-6-13(12)16/h5-6,9-10H,4,8H2,1-3H3/t10-/m0/s1. The quantitative estimate of drug-likeness (QED) is 0.720. The molecular weight excluding hydrogens is 352 g/mol. The molecule has 0 unspecified atom stereocenters. The first-order valence-corrected chi connectivity index (χ1v) is 7.36. The van der Waals surface area contributed by atoms with Crippen LogP contribution in [0.4, 0.5) is 0 Å². The van der Waals surface area contributed by atoms with Crippen molar-refractivity contribution in [2.45, 2.75) is 19.4 Å². The molecule has 7 heteroatoms. The van der Waals surface area contributed by atoms with Gasteiger partial charge in [0.1, 0.15) is 5.75 Å². The summed E-state index contributed by atoms with van der Waals surface area (Å²) in [5.41, 5.74) is 0.277. The number of ether oxygens (including phenoxy) is 2. The van der Waals surface area contributed by atoms with Gasteiger partial charge in [-0.15, -0.1) is 0 Å². The molecule has 0 spiro atoms. The highest BCUT2D eigenvalue weighted by Crippen LogP contribution is 2.23. The van der Waals surface area contributed by atoms with E-state index in [4.69, 9.17) is 14.7 Å². The molecule has 0 aliphatic heterocycles. The number of halogens is 1. The van der Waals surface area contributed by atoms with Crippen LogP contribution in [0.15, 0.2) is 22.7 Å². The number of likely N-dealkylation sites (N-methyl/N-ethyl adjacent to an activating group) is 1. The van der Waals surface area contributed by atoms with E-state index in [1.54, 1.807) is 19.2 Å². The first-order chi connectivity index (χ1) is 10.4. The molecule has 0 aromatic heterocycles. The van der Waals surface area contributed by atoms with Crippen LogP contribution in [0.5, 0.6) is 5.75 Å². The lowest BCUT2D eigenvalue weighted by atomic mass is 10.2. The van der Waals surface area contributed by atoms with Gasteiger partial charge in [-0.2, -0.15) is 5.26 Å². The number of rotatable bonds is 6. The van der Waals surface area contributed by atoms with E-state index >= 15 is 0 Å². The zero-order valence-electron chi connectivity index (χ0n) is 12.6. The second kappa shape index (κ2) is 8.39. The molecule has 118 valence electrons. The monoisotopic (exact) mass is 368 g/mol. The number of amides is 1. The largest absolute Gasteiger partial charge is 0.497 e. The maximum atomic E-state index is 12.2. The molecule has 1 rings (SSSR count). The van der Waals surface area contributed by atoms with Crippen molar-refractivity contribution in [2.75, 3.05) is 20.7 Å². The predicted molar refractivity (Wildman–Crippen MR) is 83.4 cm³/mol. The minimum Gasteiger partial charge on any atom is -0.497 e. The Labute approximate surface area is 137 Å². The summed E-state index contributed by atoms with van der Waals surface area (Å²) in [7, 11) is 3.06. The Morgan fingerprint density at radius 1 is 1.45 bits per heavy atom. The Balaban J connectivity index is 2.76. The number of hydrogen-bond acceptors (Lipinski definition) is 5. The van der Waals surface area contributed by atoms with Crippen molar-refractivity contribution < 1.29 is 19.1 Å². The molecule has 1 aromatic rings. The Morgan fingerprint density at radius 2 is 2.14 bits per heavy atom. The summed E-state index contributed by atoms with van der Waals surface area (Å²) < 4.78 is 10.8. The second-order valence-corrected chi connectivity index (χ2v) is 5.42. The highest BCUT2D eigenvalue weighted by molar-refractivity contribution is 9.10. The Bertz CT molecular complexity index is 598. The molecule has 1 amide bonds. The second-order valence-electron chi connectivity index (χ2n) is 4.56. The number of hydrogen-bond donors (Lipinski definition) is 0. The number of benzene rings is 1. The third kappa shape index (κ3) is 4.74. The zero-order valence-corrected chi connectivity index (χ0v) is 14.2. The van der Waals surface area contributed by atoms with Crippen LogP contribution in [0.25, 0.3) is 0 Å². The maximum absolute atomic E-state index is 12.2. The molecule has 1 atom stereocenters. The fraction of sp³-hybridized carbons (Fsp3) is 0.400. The first kappa shape index (κ1) is 18.0. The summed E-state index contributed by atoms with van der Waals surface area (Å²) in [6.07, 6.45) is -0.709. The van der Waals surface area contributed by atoms with E-state index in [9.17, 15) is 9.59 Å². The van der Waals surface area contributed by atoms with Gasteiger partial charge in [0.05, 0.1) is 25.2 Å². The van der Waals surface area contributed by atoms with Crippen molar-refractivity contribution >= 4 is 27.8 Å². The van der Waals surface area contributed by atoms with E-state index in [0.717, 1.165) is 0 Å². The van der Waals surface area contributed by atoms with Gasteiger partial charge in [0.15, 0.2) is 6.10 Å². The summed E-state index contributed by atoms with van der Waals surface area (Å²) >= 11 is 3.26. The van der Waals surface area contributed by atoms with Crippen molar-refractivity contribution in [3.63, 3.8) is 0 Å². The number of nitrogens with zero attached hydrogens (tertiary/aromatic N) is 2. The Morgan fingerprint density at radius 3 is 2.73 bits per heavy atom. The maximum Gasteiger partial charge on any atom is 0.340 e. The molecule has 0 saturated heterocycles. The smallest absolute Gasteiger partial charge is 0.340 e. The molecule has 0 radical (unpaired) electrons. The van der Waals surface area contributed by atoms with Gasteiger partial charge in [0.25, 0.3) is 5.91 Å². The highest BCUT2D eigenvalue weighted by atomic mass is 79.9. The molecule has 0 fully saturated rings. The van der Waals surface area contributed by atoms with E-state index in [2.05, 4.69) is 15.9 Å². The lowest BCUT2D eigenvalue weighted by Gasteiger charge is -2.20. The molecule has 0 aliphatic carbocycles. The molecule has 0 N–H and O–H groups in total. The van der Waals surface area contributed by atoms with Gasteiger partial charge in [0.2, 0.25) is 0 Å². The van der Waals surface area contributed by atoms with Crippen molar-refractivity contribution in [3.8, 4) is 11.8 Å². The van der Waals surface area contributed by atoms with Crippen molar-refractivity contribution in [1.82, 2.24) is 4.90 Å². The van der Waals surface area contributed by atoms with E-state index in [1.807, 2.05) is 6.07 Å². The fourth-order valence-electron chi connectivity index (χ4n) is 1.70. The van der Waals surface area contributed by atoms with Crippen molar-refractivity contribution in [2.24, 2.45) is 0 Å². The van der Waals surface area contributed by atoms with Crippen LogP contribution in [0.1, 0.15) is 23.7 Å². The Kier molecular flexibility index (Phi) is 6.86. The van der Waals surface area contributed by atoms with Gasteiger partial charge in [-0.05, 0) is 41.1 Å². The summed E-state index contributed by atoms with van der Waals surface area (Å²) in [5, 5.41) is 8.52. The lowest BCUT2D eigenvalue weighted by Crippen LogP contribution is -2.37. The average Bonchev–Trinajstić information content (AvgIpc) is 2.51. The van der Waals surface area contributed by atoms with Crippen LogP contribution < -0.4 is 4.74 Å². The number of carbonyl (C=O) groups excluding carboxylic acids is 2. The van der Waals surface area contributed by atoms with Gasteiger partial charge in [0, 0.05) is 18.1 Å². The molecule has 6 nitrogen and oxygen atoms in total. The zero-order chi connectivity index (χ0) is 16.7. The first-order valence-electron chi connectivity index (χ1n) is 6.57. The van der Waals surface area contributed by atoms with Gasteiger partial charge in [-0.1, -0.05) is 0 Å². The van der Waals surface area contributed by atoms with Crippen LogP contribution in [-0.4, -0.2) is 43.6 Å². The molecule has 22 heavy (non-hydrogen) atoms. The number of esters is 1. The number of carbonyl (C=O) groups is 2. The normalized spacial score (nSPS) is 11.2. The molecule has 0 saturated carbocycles. The summed E-state index contributed by atoms with van der Waals surface area (Å²) in [4.78, 5) is 25.5. The van der Waals surface area contributed by atoms with E-state index in [-0.39, 0.29) is 17.9 Å². The third-order valence-electron chi connectivity index (χ3n) is 2.96. The molecule has 1 aromatic carbocycles. The lowest BCUT2D eigenvalue weighted by molar-refractivity contribution is -0.138. The van der Waals surface area contributed by atoms with Gasteiger partial charge >= 0.3 is 5.97 Å². The van der Waals surface area contributed by atoms with Crippen LogP contribution in [0.2, 0.25) is 0 Å². The topological polar surface area (TPSA) is 79.6 Å². The van der Waals surface area contributed by atoms with Crippen LogP contribution >= 0.6 is 15.9 Å². The van der Waals surface area contributed by atoms with E-state index < -0.39 is 12.1 Å². The summed E-state index contributed by atoms with van der Waals surface area (Å²) in [6, 6.07) is 6.86. The molecule has 0 bridgehead atoms. The van der Waals surface area contributed by atoms with Gasteiger partial charge in [-0.3, -0.25) is 4.79 Å². The molecule has 0 heterocycles. The Hall–Kier alpha value is -2.07. The van der Waals surface area contributed by atoms with Gasteiger partial charge in [-0.25, -0.2) is 4.79 Å². The summed E-state index contributed by atoms with van der Waals surface area (Å²) in [5.74, 6) is -0.469. The molecule has 0 aliphatic rings. The average molecular weight is 369 g/mol. The number of methoxy groups -OCH3 is 1. The highest BCUT2D eigenvalue weighted by Gasteiger charge is 2.23.